The maximum absolute atomic E-state index is 7.13. The maximum atomic E-state index is 7.13. The third-order valence-electron chi connectivity index (χ3n) is 2.52. The van der Waals surface area contributed by atoms with Crippen molar-refractivity contribution in [1.82, 2.24) is 0 Å². The molecule has 0 saturated heterocycles. The van der Waals surface area contributed by atoms with Gasteiger partial charge in [0.2, 0.25) is 0 Å². The van der Waals surface area contributed by atoms with E-state index in [-0.39, 0.29) is 0 Å². The summed E-state index contributed by atoms with van der Waals surface area (Å²) in [6.07, 6.45) is 8.40. The van der Waals surface area contributed by atoms with Crippen molar-refractivity contribution in [1.29, 1.82) is 5.26 Å². The SMILES string of the molecule is C1=Cc2ccc3c(c2[N-]C1)[N-]CC=C3.N#C[S-].[I][Sn]([I])[I]. The molecule has 0 spiro atoms. The van der Waals surface area contributed by atoms with E-state index in [0.717, 1.165) is 24.5 Å². The number of benzene rings is 1. The number of hydrogen-bond donors (Lipinski definition) is 0. The van der Waals surface area contributed by atoms with Crippen molar-refractivity contribution in [3.63, 3.8) is 0 Å². The standard InChI is InChI=1S/C12H10N2.CHNS.3HI.Sn/c1-3-9-5-6-10-4-2-8-14-12(10)11(9)13-7-1;2-1-3;;;;/h1-6H,7-8H2;3H;3*1H;/q-2;;;;;+3/p-4. The summed E-state index contributed by atoms with van der Waals surface area (Å²) in [6.45, 7) is 1.56. The third-order valence-corrected chi connectivity index (χ3v) is 2.52. The van der Waals surface area contributed by atoms with Gasteiger partial charge in [0.25, 0.3) is 0 Å². The molecule has 0 fully saturated rings. The molecule has 0 unspecified atom stereocenters. The molecule has 8 heteroatoms. The predicted octanol–water partition coefficient (Wildman–Crippen LogP) is 6.04. The summed E-state index contributed by atoms with van der Waals surface area (Å²) in [7, 11) is -0.633. The number of thiocyanates is 1. The van der Waals surface area contributed by atoms with Crippen LogP contribution in [0.15, 0.2) is 24.3 Å². The van der Waals surface area contributed by atoms with Gasteiger partial charge in [-0.25, -0.2) is 5.26 Å². The molecule has 2 aliphatic heterocycles. The van der Waals surface area contributed by atoms with Crippen LogP contribution in [0, 0.1) is 10.7 Å². The summed E-state index contributed by atoms with van der Waals surface area (Å²) in [4.78, 5) is 0. The Labute approximate surface area is 167 Å². The van der Waals surface area contributed by atoms with E-state index in [1.54, 1.807) is 0 Å². The van der Waals surface area contributed by atoms with Crippen LogP contribution in [0.25, 0.3) is 22.8 Å². The van der Waals surface area contributed by atoms with Crippen molar-refractivity contribution in [3.8, 4) is 5.40 Å². The molecule has 2 heterocycles. The van der Waals surface area contributed by atoms with Gasteiger partial charge in [-0.2, -0.15) is 0 Å². The minimum atomic E-state index is -0.633. The quantitative estimate of drug-likeness (QED) is 0.141. The predicted molar refractivity (Wildman–Crippen MR) is 121 cm³/mol. The number of hydrogen-bond acceptors (Lipinski definition) is 2. The summed E-state index contributed by atoms with van der Waals surface area (Å²) in [6, 6.07) is 4.22. The van der Waals surface area contributed by atoms with E-state index in [9.17, 15) is 0 Å². The van der Waals surface area contributed by atoms with Crippen LogP contribution in [0.2, 0.25) is 0 Å². The Bertz CT molecular complexity index is 527. The van der Waals surface area contributed by atoms with Gasteiger partial charge in [-0.3, -0.25) is 0 Å². The molecule has 1 aromatic rings. The molecule has 0 N–H and O–H groups in total. The molecule has 0 atom stereocenters. The second-order valence-corrected chi connectivity index (χ2v) is 68.4. The number of nitrogens with zero attached hydrogens (tertiary/aromatic N) is 3. The third kappa shape index (κ3) is 7.40. The molecule has 0 amide bonds. The molecule has 3 rings (SSSR count). The fourth-order valence-corrected chi connectivity index (χ4v) is 1.86. The van der Waals surface area contributed by atoms with Gasteiger partial charge >= 0.3 is 63.8 Å². The zero-order valence-electron chi connectivity index (χ0n) is 10.8. The van der Waals surface area contributed by atoms with Gasteiger partial charge < -0.3 is 23.3 Å². The molecule has 111 valence electrons. The van der Waals surface area contributed by atoms with Crippen LogP contribution >= 0.6 is 55.9 Å². The molecule has 0 aliphatic carbocycles. The van der Waals surface area contributed by atoms with Gasteiger partial charge in [-0.1, -0.05) is 29.7 Å². The molecule has 1 aromatic carbocycles. The van der Waals surface area contributed by atoms with Gasteiger partial charge in [0.1, 0.15) is 0 Å². The van der Waals surface area contributed by atoms with Crippen LogP contribution in [-0.4, -0.2) is 20.9 Å². The van der Waals surface area contributed by atoms with Crippen LogP contribution in [0.4, 0.5) is 11.4 Å². The minimum absolute atomic E-state index is 0.633. The molecule has 0 bridgehead atoms. The average molecular weight is 740 g/mol. The van der Waals surface area contributed by atoms with Crippen molar-refractivity contribution < 1.29 is 0 Å². The molecule has 2 aliphatic rings. The van der Waals surface area contributed by atoms with E-state index in [4.69, 9.17) is 5.26 Å². The van der Waals surface area contributed by atoms with E-state index < -0.39 is 7.86 Å². The zero-order chi connectivity index (χ0) is 15.7. The van der Waals surface area contributed by atoms with Crippen LogP contribution in [0.3, 0.4) is 0 Å². The Hall–Kier alpha value is 0.999. The zero-order valence-corrected chi connectivity index (χ0v) is 20.9. The number of halogens is 3. The Morgan fingerprint density at radius 3 is 1.67 bits per heavy atom. The van der Waals surface area contributed by atoms with Crippen molar-refractivity contribution in [2.45, 2.75) is 0 Å². The van der Waals surface area contributed by atoms with Crippen LogP contribution in [0.5, 0.6) is 0 Å². The first kappa shape index (κ1) is 20.0. The first-order chi connectivity index (χ1) is 10.1. The first-order valence-corrected chi connectivity index (χ1v) is 31.1. The van der Waals surface area contributed by atoms with E-state index in [1.165, 1.54) is 16.5 Å². The monoisotopic (exact) mass is 741 g/mol. The average Bonchev–Trinajstić information content (AvgIpc) is 2.47. The molecular formula is C13H10I3N3SSn-3. The Morgan fingerprint density at radius 2 is 1.33 bits per heavy atom. The van der Waals surface area contributed by atoms with Gasteiger partial charge in [0.15, 0.2) is 0 Å². The number of rotatable bonds is 0. The van der Waals surface area contributed by atoms with Gasteiger partial charge in [-0.05, 0) is 11.1 Å². The summed E-state index contributed by atoms with van der Waals surface area (Å²) in [5, 5.41) is 17.5. The number of fused-ring (bicyclic) bond motifs is 3. The van der Waals surface area contributed by atoms with Gasteiger partial charge in [0, 0.05) is 0 Å². The van der Waals surface area contributed by atoms with E-state index >= 15 is 0 Å². The Morgan fingerprint density at radius 1 is 1.00 bits per heavy atom. The molecule has 1 radical (unpaired) electrons. The topological polar surface area (TPSA) is 52.0 Å². The fourth-order valence-electron chi connectivity index (χ4n) is 1.86. The van der Waals surface area contributed by atoms with E-state index in [0.29, 0.717) is 0 Å². The fraction of sp³-hybridized carbons (Fsp3) is 0.154. The summed E-state index contributed by atoms with van der Waals surface area (Å²) in [5.74, 6) is 0. The molecular weight excluding hydrogens is 730 g/mol. The van der Waals surface area contributed by atoms with Gasteiger partial charge in [0.05, 0.1) is 0 Å². The van der Waals surface area contributed by atoms with Crippen LogP contribution in [0.1, 0.15) is 11.1 Å². The van der Waals surface area contributed by atoms with Crippen molar-refractivity contribution in [2.75, 3.05) is 13.1 Å². The van der Waals surface area contributed by atoms with E-state index in [1.807, 2.05) is 0 Å². The van der Waals surface area contributed by atoms with Crippen LogP contribution in [-0.2, 0) is 12.6 Å². The number of nitriles is 1. The summed E-state index contributed by atoms with van der Waals surface area (Å²) >= 11 is 11.2. The summed E-state index contributed by atoms with van der Waals surface area (Å²) in [5.41, 5.74) is 4.51. The van der Waals surface area contributed by atoms with Crippen molar-refractivity contribution >= 4 is 99.9 Å². The van der Waals surface area contributed by atoms with E-state index in [2.05, 4.69) is 116 Å². The molecule has 21 heavy (non-hydrogen) atoms. The second-order valence-electron chi connectivity index (χ2n) is 3.73. The molecule has 0 saturated carbocycles. The first-order valence-electron chi connectivity index (χ1n) is 5.80. The Kier molecular flexibility index (Phi) is 11.0. The normalized spacial score (nSPS) is 13.1. The van der Waals surface area contributed by atoms with Crippen molar-refractivity contribution in [2.24, 2.45) is 0 Å². The second kappa shape index (κ2) is 11.5. The Balaban J connectivity index is 0.000000270. The van der Waals surface area contributed by atoms with Crippen molar-refractivity contribution in [3.05, 3.63) is 46.0 Å². The van der Waals surface area contributed by atoms with Gasteiger partial charge in [-0.15, -0.1) is 36.6 Å². The molecule has 0 aromatic heterocycles. The molecule has 3 nitrogen and oxygen atoms in total. The van der Waals surface area contributed by atoms with Crippen LogP contribution < -0.4 is 0 Å². The summed E-state index contributed by atoms with van der Waals surface area (Å²) < 4.78 is 0.